The van der Waals surface area contributed by atoms with Gasteiger partial charge < -0.3 is 10.8 Å². The third-order valence-corrected chi connectivity index (χ3v) is 4.13. The molecule has 2 fully saturated rings. The summed E-state index contributed by atoms with van der Waals surface area (Å²) in [5.41, 5.74) is 5.45. The zero-order valence-electron chi connectivity index (χ0n) is 11.1. The van der Waals surface area contributed by atoms with Crippen LogP contribution in [0.1, 0.15) is 32.1 Å². The summed E-state index contributed by atoms with van der Waals surface area (Å²) in [6, 6.07) is -0.0755. The lowest BCUT2D eigenvalue weighted by Crippen LogP contribution is -2.51. The summed E-state index contributed by atoms with van der Waals surface area (Å²) in [5, 5.41) is 9.63. The van der Waals surface area contributed by atoms with Gasteiger partial charge in [-0.2, -0.15) is 0 Å². The van der Waals surface area contributed by atoms with Crippen LogP contribution in [0.4, 0.5) is 0 Å². The zero-order chi connectivity index (χ0) is 13.0. The maximum atomic E-state index is 11.4. The van der Waals surface area contributed by atoms with Gasteiger partial charge >= 0.3 is 0 Å². The predicted molar refractivity (Wildman–Crippen MR) is 70.1 cm³/mol. The molecule has 0 bridgehead atoms. The van der Waals surface area contributed by atoms with E-state index < -0.39 is 0 Å². The summed E-state index contributed by atoms with van der Waals surface area (Å²) >= 11 is 0. The van der Waals surface area contributed by atoms with Crippen molar-refractivity contribution in [3.63, 3.8) is 0 Å². The second-order valence-electron chi connectivity index (χ2n) is 5.55. The molecular weight excluding hydrogens is 230 g/mol. The van der Waals surface area contributed by atoms with Crippen molar-refractivity contribution in [3.05, 3.63) is 0 Å². The highest BCUT2D eigenvalue weighted by Gasteiger charge is 2.27. The van der Waals surface area contributed by atoms with Gasteiger partial charge in [-0.15, -0.1) is 0 Å². The van der Waals surface area contributed by atoms with E-state index in [9.17, 15) is 9.90 Å². The van der Waals surface area contributed by atoms with Crippen molar-refractivity contribution in [1.82, 2.24) is 9.80 Å². The molecule has 0 saturated carbocycles. The van der Waals surface area contributed by atoms with Crippen molar-refractivity contribution in [2.24, 2.45) is 5.73 Å². The number of primary amides is 1. The van der Waals surface area contributed by atoms with Crippen LogP contribution >= 0.6 is 0 Å². The number of nitrogens with two attached hydrogens (primary N) is 1. The number of carbonyl (C=O) groups excluding carboxylic acids is 1. The summed E-state index contributed by atoms with van der Waals surface area (Å²) < 4.78 is 0. The van der Waals surface area contributed by atoms with Gasteiger partial charge in [0, 0.05) is 19.6 Å². The summed E-state index contributed by atoms with van der Waals surface area (Å²) in [6.07, 6.45) is 4.98. The minimum atomic E-state index is -0.187. The van der Waals surface area contributed by atoms with Crippen molar-refractivity contribution in [2.45, 2.75) is 44.2 Å². The number of carbonyl (C=O) groups is 1. The highest BCUT2D eigenvalue weighted by Crippen LogP contribution is 2.17. The van der Waals surface area contributed by atoms with Crippen LogP contribution in [0.15, 0.2) is 0 Å². The molecule has 104 valence electrons. The number of likely N-dealkylation sites (tertiary alicyclic amines) is 2. The highest BCUT2D eigenvalue weighted by molar-refractivity contribution is 5.79. The molecule has 0 aromatic heterocycles. The van der Waals surface area contributed by atoms with Crippen LogP contribution in [0, 0.1) is 0 Å². The molecule has 0 aromatic rings. The second-order valence-corrected chi connectivity index (χ2v) is 5.55. The molecule has 5 nitrogen and oxygen atoms in total. The Bertz CT molecular complexity index is 285. The van der Waals surface area contributed by atoms with Crippen LogP contribution in [0.3, 0.4) is 0 Å². The lowest BCUT2D eigenvalue weighted by Gasteiger charge is -2.36. The molecule has 18 heavy (non-hydrogen) atoms. The van der Waals surface area contributed by atoms with E-state index in [1.165, 1.54) is 0 Å². The van der Waals surface area contributed by atoms with Gasteiger partial charge in [-0.05, 0) is 38.8 Å². The quantitative estimate of drug-likeness (QED) is 0.729. The van der Waals surface area contributed by atoms with Crippen LogP contribution in [0.5, 0.6) is 0 Å². The standard InChI is InChI=1S/C13H25N3O2/c14-13(18)12-5-1-2-7-16(12)9-8-15-6-3-4-11(17)10-15/h11-12,17H,1-10H2,(H2,14,18)/t11-,12?/m0/s1. The SMILES string of the molecule is NC(=O)C1CCCCN1CCN1CCC[C@H](O)C1. The minimum Gasteiger partial charge on any atom is -0.392 e. The average Bonchev–Trinajstić information content (AvgIpc) is 2.37. The van der Waals surface area contributed by atoms with Crippen LogP contribution in [0.25, 0.3) is 0 Å². The Labute approximate surface area is 109 Å². The van der Waals surface area contributed by atoms with E-state index in [-0.39, 0.29) is 18.1 Å². The van der Waals surface area contributed by atoms with Gasteiger partial charge in [-0.1, -0.05) is 6.42 Å². The zero-order valence-corrected chi connectivity index (χ0v) is 11.1. The number of aliphatic hydroxyl groups is 1. The van der Waals surface area contributed by atoms with Gasteiger partial charge in [0.25, 0.3) is 0 Å². The van der Waals surface area contributed by atoms with Crippen molar-refractivity contribution in [2.75, 3.05) is 32.7 Å². The Balaban J connectivity index is 1.78. The Morgan fingerprint density at radius 2 is 2.00 bits per heavy atom. The summed E-state index contributed by atoms with van der Waals surface area (Å²) in [5.74, 6) is -0.187. The number of aliphatic hydroxyl groups excluding tert-OH is 1. The van der Waals surface area contributed by atoms with E-state index in [1.54, 1.807) is 0 Å². The first kappa shape index (κ1) is 13.8. The number of piperidine rings is 2. The molecule has 1 unspecified atom stereocenters. The van der Waals surface area contributed by atoms with Gasteiger partial charge in [0.2, 0.25) is 5.91 Å². The summed E-state index contributed by atoms with van der Waals surface area (Å²) in [7, 11) is 0. The molecule has 2 atom stereocenters. The minimum absolute atomic E-state index is 0.0755. The number of amides is 1. The molecule has 1 amide bonds. The molecule has 2 heterocycles. The van der Waals surface area contributed by atoms with Gasteiger partial charge in [-0.25, -0.2) is 0 Å². The van der Waals surface area contributed by atoms with Gasteiger partial charge in [0.15, 0.2) is 0 Å². The van der Waals surface area contributed by atoms with Crippen LogP contribution in [-0.4, -0.2) is 65.7 Å². The highest BCUT2D eigenvalue weighted by atomic mass is 16.3. The number of nitrogens with zero attached hydrogens (tertiary/aromatic N) is 2. The molecule has 2 saturated heterocycles. The maximum absolute atomic E-state index is 11.4. The van der Waals surface area contributed by atoms with Crippen LogP contribution in [0.2, 0.25) is 0 Å². The van der Waals surface area contributed by atoms with E-state index >= 15 is 0 Å². The van der Waals surface area contributed by atoms with Gasteiger partial charge in [0.05, 0.1) is 12.1 Å². The third kappa shape index (κ3) is 3.67. The average molecular weight is 255 g/mol. The molecule has 0 radical (unpaired) electrons. The molecule has 2 aliphatic rings. The number of hydrogen-bond acceptors (Lipinski definition) is 4. The number of hydrogen-bond donors (Lipinski definition) is 2. The first-order chi connectivity index (χ1) is 8.66. The van der Waals surface area contributed by atoms with E-state index in [4.69, 9.17) is 5.73 Å². The Morgan fingerprint density at radius 1 is 1.17 bits per heavy atom. The molecule has 5 heteroatoms. The topological polar surface area (TPSA) is 69.8 Å². The maximum Gasteiger partial charge on any atom is 0.234 e. The lowest BCUT2D eigenvalue weighted by molar-refractivity contribution is -0.124. The summed E-state index contributed by atoms with van der Waals surface area (Å²) in [6.45, 7) is 4.63. The van der Waals surface area contributed by atoms with Gasteiger partial charge in [-0.3, -0.25) is 14.6 Å². The third-order valence-electron chi connectivity index (χ3n) is 4.13. The first-order valence-corrected chi connectivity index (χ1v) is 7.10. The Hall–Kier alpha value is -0.650. The van der Waals surface area contributed by atoms with Crippen molar-refractivity contribution in [1.29, 1.82) is 0 Å². The fraction of sp³-hybridized carbons (Fsp3) is 0.923. The van der Waals surface area contributed by atoms with E-state index in [0.717, 1.165) is 64.8 Å². The molecule has 2 aliphatic heterocycles. The van der Waals surface area contributed by atoms with E-state index in [1.807, 2.05) is 0 Å². The van der Waals surface area contributed by atoms with Crippen molar-refractivity contribution < 1.29 is 9.90 Å². The van der Waals surface area contributed by atoms with Crippen LogP contribution in [-0.2, 0) is 4.79 Å². The smallest absolute Gasteiger partial charge is 0.234 e. The molecule has 0 aromatic carbocycles. The number of β-amino-alcohol motifs (C(OH)–C–C–N with tert-alkyl or cyclic N) is 1. The first-order valence-electron chi connectivity index (χ1n) is 7.10. The lowest BCUT2D eigenvalue weighted by atomic mass is 10.0. The largest absolute Gasteiger partial charge is 0.392 e. The fourth-order valence-electron chi connectivity index (χ4n) is 3.08. The van der Waals surface area contributed by atoms with Crippen molar-refractivity contribution in [3.8, 4) is 0 Å². The number of rotatable bonds is 4. The molecule has 0 spiro atoms. The molecule has 0 aliphatic carbocycles. The predicted octanol–water partition coefficient (Wildman–Crippen LogP) is -0.217. The van der Waals surface area contributed by atoms with E-state index in [0.29, 0.717) is 0 Å². The Kier molecular flexibility index (Phi) is 4.97. The fourth-order valence-corrected chi connectivity index (χ4v) is 3.08. The monoisotopic (exact) mass is 255 g/mol. The molecular formula is C13H25N3O2. The van der Waals surface area contributed by atoms with E-state index in [2.05, 4.69) is 9.80 Å². The van der Waals surface area contributed by atoms with Gasteiger partial charge in [0.1, 0.15) is 0 Å². The molecule has 2 rings (SSSR count). The summed E-state index contributed by atoms with van der Waals surface area (Å²) in [4.78, 5) is 15.9. The second kappa shape index (κ2) is 6.50. The van der Waals surface area contributed by atoms with Crippen molar-refractivity contribution >= 4 is 5.91 Å². The Morgan fingerprint density at radius 3 is 2.72 bits per heavy atom. The van der Waals surface area contributed by atoms with Crippen LogP contribution < -0.4 is 5.73 Å². The normalized spacial score (nSPS) is 31.4. The molecule has 3 N–H and O–H groups in total.